The van der Waals surface area contributed by atoms with Crippen LogP contribution >= 0.6 is 11.3 Å². The molecule has 0 amide bonds. The van der Waals surface area contributed by atoms with Crippen molar-refractivity contribution in [3.63, 3.8) is 0 Å². The molecule has 4 nitrogen and oxygen atoms in total. The van der Waals surface area contributed by atoms with E-state index in [2.05, 4.69) is 5.10 Å². The predicted octanol–water partition coefficient (Wildman–Crippen LogP) is 2.26. The van der Waals surface area contributed by atoms with E-state index in [9.17, 15) is 4.79 Å². The van der Waals surface area contributed by atoms with Crippen LogP contribution in [0.3, 0.4) is 0 Å². The molecule has 0 bridgehead atoms. The minimum Gasteiger partial charge on any atom is -0.422 e. The molecule has 0 saturated heterocycles. The fourth-order valence-electron chi connectivity index (χ4n) is 1.26. The van der Waals surface area contributed by atoms with E-state index in [1.54, 1.807) is 30.3 Å². The second kappa shape index (κ2) is 5.27. The van der Waals surface area contributed by atoms with Crippen LogP contribution in [0.5, 0.6) is 5.75 Å². The fraction of sp³-hybridized carbons (Fsp3) is 0. The van der Waals surface area contributed by atoms with Crippen molar-refractivity contribution in [1.82, 2.24) is 0 Å². The lowest BCUT2D eigenvalue weighted by Crippen LogP contribution is -2.06. The quantitative estimate of drug-likeness (QED) is 0.297. The second-order valence-electron chi connectivity index (χ2n) is 3.21. The summed E-state index contributed by atoms with van der Waals surface area (Å²) in [5.74, 6) is 5.18. The zero-order valence-electron chi connectivity index (χ0n) is 8.87. The molecular formula is C12H10N2O2S. The monoisotopic (exact) mass is 246 g/mol. The minimum absolute atomic E-state index is 0.347. The molecule has 17 heavy (non-hydrogen) atoms. The Morgan fingerprint density at radius 1 is 1.29 bits per heavy atom. The Hall–Kier alpha value is -2.14. The molecule has 2 rings (SSSR count). The summed E-state index contributed by atoms with van der Waals surface area (Å²) in [7, 11) is 0. The lowest BCUT2D eigenvalue weighted by Gasteiger charge is -2.02. The zero-order chi connectivity index (χ0) is 12.1. The molecule has 0 spiro atoms. The third-order valence-electron chi connectivity index (χ3n) is 2.04. The van der Waals surface area contributed by atoms with Gasteiger partial charge in [-0.3, -0.25) is 0 Å². The first-order valence-electron chi connectivity index (χ1n) is 4.88. The summed E-state index contributed by atoms with van der Waals surface area (Å²) in [6.45, 7) is 0. The molecule has 86 valence electrons. The van der Waals surface area contributed by atoms with Crippen LogP contribution in [0, 0.1) is 0 Å². The number of benzene rings is 1. The number of hydrogen-bond acceptors (Lipinski definition) is 5. The first-order valence-corrected chi connectivity index (χ1v) is 5.76. The number of carbonyl (C=O) groups is 1. The van der Waals surface area contributed by atoms with E-state index in [0.717, 1.165) is 5.56 Å². The van der Waals surface area contributed by atoms with Crippen molar-refractivity contribution in [3.05, 3.63) is 52.2 Å². The lowest BCUT2D eigenvalue weighted by atomic mass is 10.2. The van der Waals surface area contributed by atoms with Gasteiger partial charge in [-0.2, -0.15) is 5.10 Å². The summed E-state index contributed by atoms with van der Waals surface area (Å²) in [5, 5.41) is 5.24. The van der Waals surface area contributed by atoms with E-state index in [-0.39, 0.29) is 5.97 Å². The van der Waals surface area contributed by atoms with E-state index in [0.29, 0.717) is 10.6 Å². The largest absolute Gasteiger partial charge is 0.422 e. The number of carbonyl (C=O) groups excluding carboxylic acids is 1. The third kappa shape index (κ3) is 2.92. The molecule has 5 heteroatoms. The van der Waals surface area contributed by atoms with Gasteiger partial charge >= 0.3 is 5.97 Å². The molecule has 1 aromatic carbocycles. The molecule has 1 heterocycles. The maximum absolute atomic E-state index is 11.6. The molecule has 0 aliphatic rings. The van der Waals surface area contributed by atoms with Crippen molar-refractivity contribution < 1.29 is 9.53 Å². The molecular weight excluding hydrogens is 236 g/mol. The Kier molecular flexibility index (Phi) is 3.52. The first kappa shape index (κ1) is 11.3. The Labute approximate surface area is 102 Å². The van der Waals surface area contributed by atoms with Crippen LogP contribution in [0.1, 0.15) is 15.2 Å². The van der Waals surface area contributed by atoms with Crippen molar-refractivity contribution in [1.29, 1.82) is 0 Å². The molecule has 0 unspecified atom stereocenters. The maximum atomic E-state index is 11.6. The number of hydrogen-bond donors (Lipinski definition) is 1. The first-order chi connectivity index (χ1) is 8.29. The summed E-state index contributed by atoms with van der Waals surface area (Å²) in [5.41, 5.74) is 0.850. The van der Waals surface area contributed by atoms with Crippen LogP contribution < -0.4 is 10.6 Å². The smallest absolute Gasteiger partial charge is 0.353 e. The number of esters is 1. The molecule has 0 fully saturated rings. The van der Waals surface area contributed by atoms with Crippen molar-refractivity contribution >= 4 is 23.5 Å². The lowest BCUT2D eigenvalue weighted by molar-refractivity contribution is 0.0740. The molecule has 0 atom stereocenters. The van der Waals surface area contributed by atoms with Crippen LogP contribution in [0.15, 0.2) is 46.9 Å². The zero-order valence-corrected chi connectivity index (χ0v) is 9.68. The normalized spacial score (nSPS) is 10.6. The van der Waals surface area contributed by atoms with Gasteiger partial charge in [0, 0.05) is 0 Å². The standard InChI is InChI=1S/C12H10N2O2S/c13-14-8-9-3-5-10(6-4-9)16-12(15)11-2-1-7-17-11/h1-8H,13H2. The van der Waals surface area contributed by atoms with Gasteiger partial charge in [0.15, 0.2) is 0 Å². The summed E-state index contributed by atoms with van der Waals surface area (Å²) in [6, 6.07) is 10.5. The van der Waals surface area contributed by atoms with Crippen molar-refractivity contribution in [2.24, 2.45) is 10.9 Å². The summed E-state index contributed by atoms with van der Waals surface area (Å²) in [4.78, 5) is 12.2. The number of hydrazone groups is 1. The van der Waals surface area contributed by atoms with Gasteiger partial charge in [-0.25, -0.2) is 4.79 Å². The highest BCUT2D eigenvalue weighted by Crippen LogP contribution is 2.15. The molecule has 2 N–H and O–H groups in total. The second-order valence-corrected chi connectivity index (χ2v) is 4.16. The van der Waals surface area contributed by atoms with E-state index in [4.69, 9.17) is 10.6 Å². The summed E-state index contributed by atoms with van der Waals surface area (Å²) >= 11 is 1.35. The Morgan fingerprint density at radius 3 is 2.65 bits per heavy atom. The van der Waals surface area contributed by atoms with Crippen LogP contribution in [-0.2, 0) is 0 Å². The van der Waals surface area contributed by atoms with Gasteiger partial charge in [-0.05, 0) is 41.3 Å². The summed E-state index contributed by atoms with van der Waals surface area (Å²) in [6.07, 6.45) is 1.52. The third-order valence-corrected chi connectivity index (χ3v) is 2.89. The maximum Gasteiger partial charge on any atom is 0.353 e. The van der Waals surface area contributed by atoms with Crippen LogP contribution in [0.2, 0.25) is 0 Å². The summed E-state index contributed by atoms with van der Waals surface area (Å²) < 4.78 is 5.19. The van der Waals surface area contributed by atoms with Gasteiger partial charge in [0.2, 0.25) is 0 Å². The minimum atomic E-state index is -0.347. The molecule has 1 aromatic heterocycles. The average Bonchev–Trinajstić information content (AvgIpc) is 2.86. The fourth-order valence-corrected chi connectivity index (χ4v) is 1.86. The van der Waals surface area contributed by atoms with Gasteiger partial charge in [0.05, 0.1) is 6.21 Å². The average molecular weight is 246 g/mol. The Bertz CT molecular complexity index is 518. The van der Waals surface area contributed by atoms with E-state index in [1.165, 1.54) is 17.6 Å². The van der Waals surface area contributed by atoms with Crippen LogP contribution in [-0.4, -0.2) is 12.2 Å². The highest BCUT2D eigenvalue weighted by atomic mass is 32.1. The van der Waals surface area contributed by atoms with Gasteiger partial charge < -0.3 is 10.6 Å². The topological polar surface area (TPSA) is 64.7 Å². The van der Waals surface area contributed by atoms with Crippen molar-refractivity contribution in [3.8, 4) is 5.75 Å². The molecule has 2 aromatic rings. The van der Waals surface area contributed by atoms with Crippen molar-refractivity contribution in [2.75, 3.05) is 0 Å². The number of nitrogens with two attached hydrogens (primary N) is 1. The predicted molar refractivity (Wildman–Crippen MR) is 67.5 cm³/mol. The Balaban J connectivity index is 2.06. The van der Waals surface area contributed by atoms with Gasteiger partial charge in [-0.15, -0.1) is 11.3 Å². The molecule has 0 aliphatic carbocycles. The van der Waals surface area contributed by atoms with Crippen LogP contribution in [0.4, 0.5) is 0 Å². The van der Waals surface area contributed by atoms with Gasteiger partial charge in [-0.1, -0.05) is 6.07 Å². The number of thiophene rings is 1. The van der Waals surface area contributed by atoms with Gasteiger partial charge in [0.1, 0.15) is 10.6 Å². The molecule has 0 saturated carbocycles. The van der Waals surface area contributed by atoms with Crippen molar-refractivity contribution in [2.45, 2.75) is 0 Å². The van der Waals surface area contributed by atoms with E-state index < -0.39 is 0 Å². The van der Waals surface area contributed by atoms with E-state index >= 15 is 0 Å². The number of nitrogens with zero attached hydrogens (tertiary/aromatic N) is 1. The van der Waals surface area contributed by atoms with Gasteiger partial charge in [0.25, 0.3) is 0 Å². The number of rotatable bonds is 3. The highest BCUT2D eigenvalue weighted by molar-refractivity contribution is 7.12. The number of ether oxygens (including phenoxy) is 1. The SMILES string of the molecule is NN=Cc1ccc(OC(=O)c2cccs2)cc1. The highest BCUT2D eigenvalue weighted by Gasteiger charge is 2.08. The molecule has 0 aliphatic heterocycles. The van der Waals surface area contributed by atoms with Crippen LogP contribution in [0.25, 0.3) is 0 Å². The Morgan fingerprint density at radius 2 is 2.06 bits per heavy atom. The van der Waals surface area contributed by atoms with E-state index in [1.807, 2.05) is 11.4 Å². The molecule has 0 radical (unpaired) electrons.